The normalized spacial score (nSPS) is 22.0. The Kier molecular flexibility index (Phi) is 6.16. The third-order valence-electron chi connectivity index (χ3n) is 5.07. The molecule has 0 spiro atoms. The molecule has 1 aromatic carbocycles. The fourth-order valence-corrected chi connectivity index (χ4v) is 3.71. The first-order chi connectivity index (χ1) is 12.4. The molecular weight excluding hydrogens is 330 g/mol. The van der Waals surface area contributed by atoms with Crippen molar-refractivity contribution in [3.05, 3.63) is 35.4 Å². The summed E-state index contributed by atoms with van der Waals surface area (Å²) in [4.78, 5) is 16.9. The van der Waals surface area contributed by atoms with E-state index in [-0.39, 0.29) is 17.7 Å². The van der Waals surface area contributed by atoms with E-state index in [0.29, 0.717) is 26.2 Å². The van der Waals surface area contributed by atoms with Crippen molar-refractivity contribution in [1.82, 2.24) is 15.1 Å². The highest BCUT2D eigenvalue weighted by molar-refractivity contribution is 5.74. The molecule has 0 saturated carbocycles. The number of nitrogens with zero attached hydrogens (tertiary/aromatic N) is 2. The number of amides is 2. The van der Waals surface area contributed by atoms with Crippen LogP contribution in [0.1, 0.15) is 31.0 Å². The molecule has 2 aliphatic rings. The number of morpholine rings is 2. The molecule has 1 unspecified atom stereocenters. The Morgan fingerprint density at radius 3 is 2.69 bits per heavy atom. The minimum absolute atomic E-state index is 0.00714. The van der Waals surface area contributed by atoms with E-state index >= 15 is 0 Å². The van der Waals surface area contributed by atoms with Crippen molar-refractivity contribution in [3.63, 3.8) is 0 Å². The molecule has 2 aliphatic heterocycles. The minimum atomic E-state index is -0.282. The first-order valence-corrected chi connectivity index (χ1v) is 9.50. The van der Waals surface area contributed by atoms with Crippen molar-refractivity contribution in [2.24, 2.45) is 0 Å². The quantitative estimate of drug-likeness (QED) is 0.893. The van der Waals surface area contributed by atoms with Crippen LogP contribution in [0, 0.1) is 6.92 Å². The lowest BCUT2D eigenvalue weighted by Gasteiger charge is -2.39. The predicted octanol–water partition coefficient (Wildman–Crippen LogP) is 2.19. The molecule has 3 rings (SSSR count). The molecule has 2 heterocycles. The summed E-state index contributed by atoms with van der Waals surface area (Å²) in [7, 11) is 0. The zero-order chi connectivity index (χ0) is 18.6. The van der Waals surface area contributed by atoms with Gasteiger partial charge in [-0.3, -0.25) is 4.90 Å². The highest BCUT2D eigenvalue weighted by Crippen LogP contribution is 2.23. The molecule has 6 heteroatoms. The number of nitrogens with one attached hydrogen (secondary N) is 1. The van der Waals surface area contributed by atoms with Crippen molar-refractivity contribution >= 4 is 6.03 Å². The van der Waals surface area contributed by atoms with Gasteiger partial charge in [-0.1, -0.05) is 29.8 Å². The fraction of sp³-hybridized carbons (Fsp3) is 0.650. The zero-order valence-electron chi connectivity index (χ0n) is 16.2. The van der Waals surface area contributed by atoms with Gasteiger partial charge in [-0.15, -0.1) is 0 Å². The molecule has 144 valence electrons. The first-order valence-electron chi connectivity index (χ1n) is 9.50. The molecule has 26 heavy (non-hydrogen) atoms. The van der Waals surface area contributed by atoms with Gasteiger partial charge in [0.2, 0.25) is 0 Å². The van der Waals surface area contributed by atoms with Crippen LogP contribution < -0.4 is 5.32 Å². The van der Waals surface area contributed by atoms with Gasteiger partial charge in [-0.25, -0.2) is 4.79 Å². The molecule has 0 aliphatic carbocycles. The SMILES string of the molecule is Cc1cccc(C(CNC(=O)N2CCOC(C)(C)C2)N2CCOCC2)c1. The molecule has 1 atom stereocenters. The van der Waals surface area contributed by atoms with Crippen molar-refractivity contribution < 1.29 is 14.3 Å². The Morgan fingerprint density at radius 2 is 2.00 bits per heavy atom. The van der Waals surface area contributed by atoms with Gasteiger partial charge < -0.3 is 19.7 Å². The van der Waals surface area contributed by atoms with E-state index < -0.39 is 0 Å². The first kappa shape index (κ1) is 19.1. The maximum Gasteiger partial charge on any atom is 0.317 e. The molecule has 0 bridgehead atoms. The second-order valence-electron chi connectivity index (χ2n) is 7.79. The van der Waals surface area contributed by atoms with Crippen LogP contribution in [-0.2, 0) is 9.47 Å². The lowest BCUT2D eigenvalue weighted by Crippen LogP contribution is -2.54. The molecule has 0 aromatic heterocycles. The van der Waals surface area contributed by atoms with Crippen molar-refractivity contribution in [2.45, 2.75) is 32.4 Å². The van der Waals surface area contributed by atoms with E-state index in [1.807, 2.05) is 18.7 Å². The number of benzene rings is 1. The molecule has 2 amide bonds. The van der Waals surface area contributed by atoms with Gasteiger partial charge in [0.1, 0.15) is 0 Å². The van der Waals surface area contributed by atoms with Gasteiger partial charge in [0.05, 0.1) is 38.0 Å². The van der Waals surface area contributed by atoms with Gasteiger partial charge >= 0.3 is 6.03 Å². The summed E-state index contributed by atoms with van der Waals surface area (Å²) in [5.41, 5.74) is 2.20. The largest absolute Gasteiger partial charge is 0.379 e. The van der Waals surface area contributed by atoms with Crippen LogP contribution >= 0.6 is 0 Å². The monoisotopic (exact) mass is 361 g/mol. The van der Waals surface area contributed by atoms with Crippen LogP contribution in [-0.4, -0.2) is 74.0 Å². The number of hydrogen-bond acceptors (Lipinski definition) is 4. The number of rotatable bonds is 4. The van der Waals surface area contributed by atoms with E-state index in [9.17, 15) is 4.79 Å². The summed E-state index contributed by atoms with van der Waals surface area (Å²) < 4.78 is 11.2. The number of carbonyl (C=O) groups is 1. The summed E-state index contributed by atoms with van der Waals surface area (Å²) in [6.45, 7) is 11.9. The summed E-state index contributed by atoms with van der Waals surface area (Å²) in [5.74, 6) is 0. The van der Waals surface area contributed by atoms with Gasteiger partial charge in [0, 0.05) is 26.2 Å². The lowest BCUT2D eigenvalue weighted by molar-refractivity contribution is -0.0735. The second kappa shape index (κ2) is 8.37. The molecular formula is C20H31N3O3. The van der Waals surface area contributed by atoms with Gasteiger partial charge in [-0.05, 0) is 26.3 Å². The van der Waals surface area contributed by atoms with E-state index in [2.05, 4.69) is 41.4 Å². The molecule has 6 nitrogen and oxygen atoms in total. The van der Waals surface area contributed by atoms with E-state index in [1.54, 1.807) is 0 Å². The topological polar surface area (TPSA) is 54.0 Å². The van der Waals surface area contributed by atoms with Crippen LogP contribution in [0.5, 0.6) is 0 Å². The number of urea groups is 1. The van der Waals surface area contributed by atoms with Crippen LogP contribution in [0.3, 0.4) is 0 Å². The maximum absolute atomic E-state index is 12.7. The molecule has 2 fully saturated rings. The van der Waals surface area contributed by atoms with Crippen molar-refractivity contribution in [3.8, 4) is 0 Å². The number of carbonyl (C=O) groups excluding carboxylic acids is 1. The van der Waals surface area contributed by atoms with E-state index in [1.165, 1.54) is 11.1 Å². The Morgan fingerprint density at radius 1 is 1.23 bits per heavy atom. The zero-order valence-corrected chi connectivity index (χ0v) is 16.2. The van der Waals surface area contributed by atoms with Gasteiger partial charge in [0.15, 0.2) is 0 Å². The Bertz CT molecular complexity index is 614. The molecule has 2 saturated heterocycles. The summed E-state index contributed by atoms with van der Waals surface area (Å²) in [6, 6.07) is 8.71. The highest BCUT2D eigenvalue weighted by Gasteiger charge is 2.31. The van der Waals surface area contributed by atoms with Crippen LogP contribution in [0.25, 0.3) is 0 Å². The van der Waals surface area contributed by atoms with Crippen LogP contribution in [0.2, 0.25) is 0 Å². The molecule has 0 radical (unpaired) electrons. The Hall–Kier alpha value is -1.63. The van der Waals surface area contributed by atoms with E-state index in [0.717, 1.165) is 26.3 Å². The number of ether oxygens (including phenoxy) is 2. The predicted molar refractivity (Wildman–Crippen MR) is 101 cm³/mol. The minimum Gasteiger partial charge on any atom is -0.379 e. The highest BCUT2D eigenvalue weighted by atomic mass is 16.5. The molecule has 1 aromatic rings. The summed E-state index contributed by atoms with van der Waals surface area (Å²) in [6.07, 6.45) is 0. The van der Waals surface area contributed by atoms with E-state index in [4.69, 9.17) is 9.47 Å². The Labute approximate surface area is 156 Å². The molecule has 1 N–H and O–H groups in total. The summed E-state index contributed by atoms with van der Waals surface area (Å²) >= 11 is 0. The smallest absolute Gasteiger partial charge is 0.317 e. The van der Waals surface area contributed by atoms with Gasteiger partial charge in [-0.2, -0.15) is 0 Å². The van der Waals surface area contributed by atoms with Crippen molar-refractivity contribution in [1.29, 1.82) is 0 Å². The standard InChI is InChI=1S/C20H31N3O3/c1-16-5-4-6-17(13-16)18(22-7-10-25-11-8-22)14-21-19(24)23-9-12-26-20(2,3)15-23/h4-6,13,18H,7-12,14-15H2,1-3H3,(H,21,24). The third kappa shape index (κ3) is 4.96. The Balaban J connectivity index is 1.66. The third-order valence-corrected chi connectivity index (χ3v) is 5.07. The lowest BCUT2D eigenvalue weighted by atomic mass is 10.0. The fourth-order valence-electron chi connectivity index (χ4n) is 3.71. The number of hydrogen-bond donors (Lipinski definition) is 1. The van der Waals surface area contributed by atoms with Crippen LogP contribution in [0.15, 0.2) is 24.3 Å². The number of aryl methyl sites for hydroxylation is 1. The van der Waals surface area contributed by atoms with Gasteiger partial charge in [0.25, 0.3) is 0 Å². The average Bonchev–Trinajstić information content (AvgIpc) is 2.62. The van der Waals surface area contributed by atoms with Crippen molar-refractivity contribution in [2.75, 3.05) is 52.5 Å². The second-order valence-corrected chi connectivity index (χ2v) is 7.79. The average molecular weight is 361 g/mol. The van der Waals surface area contributed by atoms with Crippen LogP contribution in [0.4, 0.5) is 4.79 Å². The maximum atomic E-state index is 12.7. The summed E-state index contributed by atoms with van der Waals surface area (Å²) in [5, 5.41) is 3.15.